The van der Waals surface area contributed by atoms with Crippen molar-refractivity contribution >= 4 is 11.8 Å². The molecule has 2 aliphatic rings. The Balaban J connectivity index is 1.95. The van der Waals surface area contributed by atoms with Crippen LogP contribution in [0.1, 0.15) is 30.9 Å². The van der Waals surface area contributed by atoms with E-state index in [2.05, 4.69) is 0 Å². The molecule has 2 fully saturated rings. The van der Waals surface area contributed by atoms with Crippen molar-refractivity contribution in [3.8, 4) is 0 Å². The minimum atomic E-state index is -0.894. The van der Waals surface area contributed by atoms with Crippen molar-refractivity contribution in [2.45, 2.75) is 43.8 Å². The van der Waals surface area contributed by atoms with Crippen molar-refractivity contribution in [3.63, 3.8) is 0 Å². The number of Topliss-reactive ketones (excluding diaryl/α,β-unsaturated/α-hetero) is 1. The number of carbonyl (C=O) groups excluding carboxylic acids is 1. The highest BCUT2D eigenvalue weighted by Crippen LogP contribution is 2.41. The van der Waals surface area contributed by atoms with Crippen molar-refractivity contribution in [1.82, 2.24) is 0 Å². The topological polar surface area (TPSA) is 72.8 Å². The fourth-order valence-corrected chi connectivity index (χ4v) is 3.55. The molecule has 0 radical (unpaired) electrons. The number of rotatable bonds is 3. The van der Waals surface area contributed by atoms with Gasteiger partial charge in [-0.2, -0.15) is 0 Å². The van der Waals surface area contributed by atoms with Gasteiger partial charge in [-0.15, -0.1) is 0 Å². The fourth-order valence-electron chi connectivity index (χ4n) is 3.55. The summed E-state index contributed by atoms with van der Waals surface area (Å²) in [5, 5.41) is 9.10. The normalized spacial score (nSPS) is 31.6. The molecular formula is C17H20O5. The van der Waals surface area contributed by atoms with Crippen LogP contribution in [0, 0.1) is 0 Å². The monoisotopic (exact) mass is 304 g/mol. The number of ether oxygens (including phenoxy) is 2. The second kappa shape index (κ2) is 5.82. The van der Waals surface area contributed by atoms with Gasteiger partial charge in [0.25, 0.3) is 0 Å². The van der Waals surface area contributed by atoms with Crippen LogP contribution in [0.5, 0.6) is 0 Å². The summed E-state index contributed by atoms with van der Waals surface area (Å²) in [4.78, 5) is 23.8. The van der Waals surface area contributed by atoms with Crippen LogP contribution in [0.4, 0.5) is 0 Å². The molecular weight excluding hydrogens is 284 g/mol. The molecule has 0 spiro atoms. The number of carbonyl (C=O) groups is 2. The van der Waals surface area contributed by atoms with Gasteiger partial charge in [0.15, 0.2) is 0 Å². The van der Waals surface area contributed by atoms with Crippen LogP contribution in [0.2, 0.25) is 0 Å². The maximum absolute atomic E-state index is 12.7. The molecule has 0 aromatic heterocycles. The molecule has 5 heteroatoms. The Morgan fingerprint density at radius 1 is 1.27 bits per heavy atom. The van der Waals surface area contributed by atoms with Gasteiger partial charge in [-0.1, -0.05) is 24.3 Å². The molecule has 1 aliphatic heterocycles. The summed E-state index contributed by atoms with van der Waals surface area (Å²) in [7, 11) is 0. The molecule has 1 aromatic rings. The molecule has 3 rings (SSSR count). The van der Waals surface area contributed by atoms with Crippen LogP contribution >= 0.6 is 0 Å². The second-order valence-corrected chi connectivity index (χ2v) is 6.21. The van der Waals surface area contributed by atoms with E-state index in [1.54, 1.807) is 6.07 Å². The van der Waals surface area contributed by atoms with E-state index in [1.165, 1.54) is 0 Å². The van der Waals surface area contributed by atoms with E-state index in [-0.39, 0.29) is 24.4 Å². The van der Waals surface area contributed by atoms with E-state index in [0.717, 1.165) is 5.56 Å². The van der Waals surface area contributed by atoms with Crippen LogP contribution < -0.4 is 0 Å². The number of hydrogen-bond donors (Lipinski definition) is 1. The Labute approximate surface area is 129 Å². The Morgan fingerprint density at radius 3 is 2.68 bits per heavy atom. The Morgan fingerprint density at radius 2 is 1.95 bits per heavy atom. The number of aliphatic carboxylic acids is 1. The average Bonchev–Trinajstić information content (AvgIpc) is 2.48. The summed E-state index contributed by atoms with van der Waals surface area (Å²) in [5.41, 5.74) is 0.782. The number of hydrogen-bond acceptors (Lipinski definition) is 4. The van der Waals surface area contributed by atoms with E-state index in [9.17, 15) is 9.59 Å². The van der Waals surface area contributed by atoms with Crippen molar-refractivity contribution in [1.29, 1.82) is 0 Å². The lowest BCUT2D eigenvalue weighted by atomic mass is 9.66. The predicted molar refractivity (Wildman–Crippen MR) is 78.9 cm³/mol. The van der Waals surface area contributed by atoms with E-state index < -0.39 is 11.4 Å². The first-order chi connectivity index (χ1) is 10.5. The standard InChI is InChI=1S/C17H20O5/c1-17(12-5-3-2-4-11(12)8-16(19)20)10-14-13(9-15(17)18)21-6-7-22-14/h2-5,13-14H,6-10H2,1H3,(H,19,20). The molecule has 118 valence electrons. The lowest BCUT2D eigenvalue weighted by Crippen LogP contribution is -2.52. The quantitative estimate of drug-likeness (QED) is 0.920. The molecule has 5 nitrogen and oxygen atoms in total. The van der Waals surface area contributed by atoms with Gasteiger partial charge < -0.3 is 14.6 Å². The third-order valence-electron chi connectivity index (χ3n) is 4.73. The van der Waals surface area contributed by atoms with E-state index in [1.807, 2.05) is 25.1 Å². The second-order valence-electron chi connectivity index (χ2n) is 6.21. The zero-order chi connectivity index (χ0) is 15.7. The molecule has 1 aromatic carbocycles. The van der Waals surface area contributed by atoms with Gasteiger partial charge in [-0.25, -0.2) is 0 Å². The van der Waals surface area contributed by atoms with Crippen LogP contribution in [0.25, 0.3) is 0 Å². The first kappa shape index (κ1) is 15.2. The SMILES string of the molecule is CC1(c2ccccc2CC(=O)O)CC2OCCOC2CC1=O. The minimum Gasteiger partial charge on any atom is -0.481 e. The lowest BCUT2D eigenvalue weighted by molar-refractivity contribution is -0.172. The fraction of sp³-hybridized carbons (Fsp3) is 0.529. The number of fused-ring (bicyclic) bond motifs is 1. The van der Waals surface area contributed by atoms with Crippen molar-refractivity contribution in [2.24, 2.45) is 0 Å². The highest BCUT2D eigenvalue weighted by Gasteiger charge is 2.47. The maximum atomic E-state index is 12.7. The Kier molecular flexibility index (Phi) is 4.02. The first-order valence-corrected chi connectivity index (χ1v) is 7.57. The number of ketones is 1. The predicted octanol–water partition coefficient (Wildman–Crippen LogP) is 1.72. The average molecular weight is 304 g/mol. The third-order valence-corrected chi connectivity index (χ3v) is 4.73. The summed E-state index contributed by atoms with van der Waals surface area (Å²) >= 11 is 0. The molecule has 0 amide bonds. The largest absolute Gasteiger partial charge is 0.481 e. The molecule has 1 saturated heterocycles. The number of benzene rings is 1. The highest BCUT2D eigenvalue weighted by atomic mass is 16.6. The molecule has 1 aliphatic carbocycles. The van der Waals surface area contributed by atoms with Crippen molar-refractivity contribution in [2.75, 3.05) is 13.2 Å². The van der Waals surface area contributed by atoms with E-state index in [4.69, 9.17) is 14.6 Å². The number of carboxylic acids is 1. The smallest absolute Gasteiger partial charge is 0.307 e. The van der Waals surface area contributed by atoms with E-state index in [0.29, 0.717) is 31.6 Å². The number of carboxylic acid groups (broad SMARTS) is 1. The zero-order valence-electron chi connectivity index (χ0n) is 12.6. The van der Waals surface area contributed by atoms with Gasteiger partial charge in [-0.05, 0) is 24.5 Å². The summed E-state index contributed by atoms with van der Waals surface area (Å²) in [6.07, 6.45) is 0.510. The van der Waals surface area contributed by atoms with Gasteiger partial charge in [0.2, 0.25) is 0 Å². The summed E-state index contributed by atoms with van der Waals surface area (Å²) in [6, 6.07) is 7.30. The van der Waals surface area contributed by atoms with Gasteiger partial charge in [0, 0.05) is 6.42 Å². The molecule has 22 heavy (non-hydrogen) atoms. The van der Waals surface area contributed by atoms with Crippen LogP contribution in [-0.4, -0.2) is 42.3 Å². The molecule has 3 unspecified atom stereocenters. The summed E-state index contributed by atoms with van der Waals surface area (Å²) in [5.74, 6) is -0.800. The van der Waals surface area contributed by atoms with Gasteiger partial charge in [0.1, 0.15) is 5.78 Å². The van der Waals surface area contributed by atoms with Crippen molar-refractivity contribution < 1.29 is 24.2 Å². The molecule has 1 heterocycles. The lowest BCUT2D eigenvalue weighted by Gasteiger charge is -2.44. The molecule has 0 bridgehead atoms. The van der Waals surface area contributed by atoms with Crippen molar-refractivity contribution in [3.05, 3.63) is 35.4 Å². The molecule has 1 N–H and O–H groups in total. The maximum Gasteiger partial charge on any atom is 0.307 e. The minimum absolute atomic E-state index is 0.0789. The van der Waals surface area contributed by atoms with Crippen LogP contribution in [0.15, 0.2) is 24.3 Å². The van der Waals surface area contributed by atoms with Gasteiger partial charge in [0.05, 0.1) is 37.3 Å². The van der Waals surface area contributed by atoms with Gasteiger partial charge in [-0.3, -0.25) is 9.59 Å². The first-order valence-electron chi connectivity index (χ1n) is 7.57. The summed E-state index contributed by atoms with van der Waals surface area (Å²) < 4.78 is 11.4. The summed E-state index contributed by atoms with van der Waals surface area (Å²) in [6.45, 7) is 2.97. The Bertz CT molecular complexity index is 596. The van der Waals surface area contributed by atoms with Crippen LogP contribution in [0.3, 0.4) is 0 Å². The highest BCUT2D eigenvalue weighted by molar-refractivity contribution is 5.92. The third kappa shape index (κ3) is 2.66. The van der Waals surface area contributed by atoms with Crippen LogP contribution in [-0.2, 0) is 30.9 Å². The Hall–Kier alpha value is -1.72. The molecule has 1 saturated carbocycles. The van der Waals surface area contributed by atoms with E-state index >= 15 is 0 Å². The zero-order valence-corrected chi connectivity index (χ0v) is 12.6. The molecule has 3 atom stereocenters. The van der Waals surface area contributed by atoms with Gasteiger partial charge >= 0.3 is 5.97 Å².